The second kappa shape index (κ2) is 7.04. The number of rotatable bonds is 4. The zero-order valence-corrected chi connectivity index (χ0v) is 15.3. The molecular formula is C15H13NO5S3. The molecule has 0 atom stereocenters. The summed E-state index contributed by atoms with van der Waals surface area (Å²) in [7, 11) is 2.66. The van der Waals surface area contributed by atoms with Crippen LogP contribution in [0.4, 0.5) is 5.69 Å². The molecule has 0 spiro atoms. The topological polar surface area (TPSA) is 81.7 Å². The van der Waals surface area contributed by atoms with Crippen molar-refractivity contribution < 1.29 is 23.9 Å². The van der Waals surface area contributed by atoms with Gasteiger partial charge >= 0.3 is 11.9 Å². The molecule has 0 fully saturated rings. The highest BCUT2D eigenvalue weighted by molar-refractivity contribution is 8.01. The summed E-state index contributed by atoms with van der Waals surface area (Å²) in [6.45, 7) is 0. The van der Waals surface area contributed by atoms with Gasteiger partial charge in [0, 0.05) is 19.9 Å². The lowest BCUT2D eigenvalue weighted by atomic mass is 10.2. The molecule has 0 radical (unpaired) electrons. The number of ether oxygens (including phenoxy) is 2. The fourth-order valence-corrected chi connectivity index (χ4v) is 5.33. The Hall–Kier alpha value is -1.71. The first kappa shape index (κ1) is 17.1. The highest BCUT2D eigenvalue weighted by Crippen LogP contribution is 2.45. The number of benzene rings is 1. The SMILES string of the molecule is COC(=O)CSc1cc2c3c(c(C(=O)OC)sc3c1)NC(=O)CS2. The Morgan fingerprint density at radius 1 is 1.29 bits per heavy atom. The monoisotopic (exact) mass is 383 g/mol. The number of thiophene rings is 1. The fraction of sp³-hybridized carbons (Fsp3) is 0.267. The van der Waals surface area contributed by atoms with E-state index in [1.807, 2.05) is 12.1 Å². The Morgan fingerprint density at radius 2 is 2.08 bits per heavy atom. The Morgan fingerprint density at radius 3 is 2.79 bits per heavy atom. The van der Waals surface area contributed by atoms with Crippen LogP contribution in [0, 0.1) is 0 Å². The minimum atomic E-state index is -0.479. The predicted molar refractivity (Wildman–Crippen MR) is 95.3 cm³/mol. The first-order valence-corrected chi connectivity index (χ1v) is 9.63. The Balaban J connectivity index is 2.09. The van der Waals surface area contributed by atoms with Gasteiger partial charge in [0.15, 0.2) is 0 Å². The molecule has 1 aromatic heterocycles. The molecule has 0 aliphatic carbocycles. The highest BCUT2D eigenvalue weighted by atomic mass is 32.2. The number of esters is 2. The van der Waals surface area contributed by atoms with Crippen LogP contribution in [0.1, 0.15) is 9.67 Å². The summed E-state index contributed by atoms with van der Waals surface area (Å²) >= 11 is 4.03. The normalized spacial score (nSPS) is 13.3. The molecule has 1 N–H and O–H groups in total. The largest absolute Gasteiger partial charge is 0.468 e. The first-order valence-electron chi connectivity index (χ1n) is 6.84. The predicted octanol–water partition coefficient (Wildman–Crippen LogP) is 3.00. The number of anilines is 1. The lowest BCUT2D eigenvalue weighted by Gasteiger charge is -2.05. The van der Waals surface area contributed by atoms with Crippen molar-refractivity contribution in [2.75, 3.05) is 31.0 Å². The number of hydrogen-bond donors (Lipinski definition) is 1. The van der Waals surface area contributed by atoms with Crippen molar-refractivity contribution in [1.82, 2.24) is 0 Å². The van der Waals surface area contributed by atoms with Crippen molar-refractivity contribution in [3.63, 3.8) is 0 Å². The van der Waals surface area contributed by atoms with Crippen LogP contribution in [0.3, 0.4) is 0 Å². The van der Waals surface area contributed by atoms with Crippen LogP contribution in [-0.4, -0.2) is 43.6 Å². The van der Waals surface area contributed by atoms with Gasteiger partial charge in [-0.15, -0.1) is 34.9 Å². The number of thioether (sulfide) groups is 2. The van der Waals surface area contributed by atoms with Gasteiger partial charge in [0.1, 0.15) is 4.88 Å². The third-order valence-electron chi connectivity index (χ3n) is 3.31. The van der Waals surface area contributed by atoms with Gasteiger partial charge in [0.05, 0.1) is 31.4 Å². The summed E-state index contributed by atoms with van der Waals surface area (Å²) in [4.78, 5) is 37.5. The van der Waals surface area contributed by atoms with Gasteiger partial charge in [-0.1, -0.05) is 0 Å². The van der Waals surface area contributed by atoms with Crippen LogP contribution in [0.5, 0.6) is 0 Å². The van der Waals surface area contributed by atoms with E-state index in [1.165, 1.54) is 49.1 Å². The van der Waals surface area contributed by atoms with E-state index < -0.39 is 5.97 Å². The average Bonchev–Trinajstić information content (AvgIpc) is 2.85. The van der Waals surface area contributed by atoms with Gasteiger partial charge < -0.3 is 14.8 Å². The van der Waals surface area contributed by atoms with E-state index in [-0.39, 0.29) is 23.4 Å². The molecule has 1 amide bonds. The van der Waals surface area contributed by atoms with Crippen molar-refractivity contribution >= 4 is 68.5 Å². The first-order chi connectivity index (χ1) is 11.5. The number of nitrogens with one attached hydrogen (secondary N) is 1. The molecule has 6 nitrogen and oxygen atoms in total. The number of methoxy groups -OCH3 is 2. The van der Waals surface area contributed by atoms with Crippen molar-refractivity contribution in [2.24, 2.45) is 0 Å². The molecule has 1 aromatic carbocycles. The summed E-state index contributed by atoms with van der Waals surface area (Å²) in [6, 6.07) is 3.84. The van der Waals surface area contributed by atoms with Crippen molar-refractivity contribution in [2.45, 2.75) is 9.79 Å². The smallest absolute Gasteiger partial charge is 0.350 e. The van der Waals surface area contributed by atoms with Crippen LogP contribution < -0.4 is 5.32 Å². The molecule has 24 heavy (non-hydrogen) atoms. The maximum atomic E-state index is 12.0. The lowest BCUT2D eigenvalue weighted by molar-refractivity contribution is -0.137. The molecule has 0 saturated carbocycles. The van der Waals surface area contributed by atoms with Crippen molar-refractivity contribution in [3.05, 3.63) is 17.0 Å². The summed E-state index contributed by atoms with van der Waals surface area (Å²) in [5, 5.41) is 3.64. The molecule has 0 bridgehead atoms. The van der Waals surface area contributed by atoms with E-state index in [2.05, 4.69) is 10.1 Å². The number of carbonyl (C=O) groups excluding carboxylic acids is 3. The molecule has 9 heteroatoms. The molecule has 1 aliphatic rings. The maximum absolute atomic E-state index is 12.0. The van der Waals surface area contributed by atoms with Crippen LogP contribution in [-0.2, 0) is 19.1 Å². The maximum Gasteiger partial charge on any atom is 0.350 e. The minimum Gasteiger partial charge on any atom is -0.468 e. The van der Waals surface area contributed by atoms with Crippen LogP contribution in [0.25, 0.3) is 10.1 Å². The Labute approximate surface area is 150 Å². The Bertz CT molecular complexity index is 845. The molecule has 0 unspecified atom stereocenters. The van der Waals surface area contributed by atoms with Gasteiger partial charge in [-0.3, -0.25) is 9.59 Å². The highest BCUT2D eigenvalue weighted by Gasteiger charge is 2.26. The summed E-state index contributed by atoms with van der Waals surface area (Å²) in [5.41, 5.74) is 0.511. The molecule has 2 heterocycles. The fourth-order valence-electron chi connectivity index (χ4n) is 2.24. The van der Waals surface area contributed by atoms with Crippen LogP contribution in [0.15, 0.2) is 21.9 Å². The van der Waals surface area contributed by atoms with Crippen molar-refractivity contribution in [3.8, 4) is 0 Å². The van der Waals surface area contributed by atoms with E-state index in [0.717, 1.165) is 19.9 Å². The molecule has 3 rings (SSSR count). The van der Waals surface area contributed by atoms with Crippen LogP contribution in [0.2, 0.25) is 0 Å². The summed E-state index contributed by atoms with van der Waals surface area (Å²) in [6.07, 6.45) is 0. The summed E-state index contributed by atoms with van der Waals surface area (Å²) < 4.78 is 10.3. The minimum absolute atomic E-state index is 0.162. The van der Waals surface area contributed by atoms with E-state index in [0.29, 0.717) is 10.6 Å². The Kier molecular flexibility index (Phi) is 5.02. The molecule has 126 valence electrons. The van der Waals surface area contributed by atoms with Gasteiger partial charge in [-0.05, 0) is 12.1 Å². The number of hydrogen-bond acceptors (Lipinski definition) is 8. The van der Waals surface area contributed by atoms with Gasteiger partial charge in [0.25, 0.3) is 0 Å². The van der Waals surface area contributed by atoms with Gasteiger partial charge in [-0.25, -0.2) is 4.79 Å². The van der Waals surface area contributed by atoms with Gasteiger partial charge in [0.2, 0.25) is 5.91 Å². The van der Waals surface area contributed by atoms with E-state index in [1.54, 1.807) is 0 Å². The number of amides is 1. The third kappa shape index (κ3) is 3.24. The molecule has 1 aliphatic heterocycles. The molecule has 2 aromatic rings. The molecular weight excluding hydrogens is 370 g/mol. The van der Waals surface area contributed by atoms with E-state index in [4.69, 9.17) is 4.74 Å². The summed E-state index contributed by atoms with van der Waals surface area (Å²) in [5.74, 6) is -0.485. The zero-order chi connectivity index (χ0) is 17.3. The van der Waals surface area contributed by atoms with Crippen molar-refractivity contribution in [1.29, 1.82) is 0 Å². The third-order valence-corrected chi connectivity index (χ3v) is 6.41. The lowest BCUT2D eigenvalue weighted by Crippen LogP contribution is -2.14. The van der Waals surface area contributed by atoms with E-state index in [9.17, 15) is 14.4 Å². The molecule has 0 saturated heterocycles. The average molecular weight is 383 g/mol. The zero-order valence-electron chi connectivity index (χ0n) is 12.8. The van der Waals surface area contributed by atoms with Crippen LogP contribution >= 0.6 is 34.9 Å². The second-order valence-corrected chi connectivity index (χ2v) is 7.91. The quantitative estimate of drug-likeness (QED) is 0.642. The standard InChI is InChI=1S/C15H13NO5S3/c1-20-11(18)6-22-7-3-8-12-9(4-7)24-14(15(19)21-2)13(12)16-10(17)5-23-8/h3-4H,5-6H2,1-2H3,(H,16,17). The van der Waals surface area contributed by atoms with E-state index >= 15 is 0 Å². The second-order valence-electron chi connectivity index (χ2n) is 4.79. The number of carbonyl (C=O) groups is 3. The van der Waals surface area contributed by atoms with Gasteiger partial charge in [-0.2, -0.15) is 0 Å².